The molecule has 1 saturated heterocycles. The summed E-state index contributed by atoms with van der Waals surface area (Å²) in [5.41, 5.74) is 4.70. The second kappa shape index (κ2) is 12.6. The van der Waals surface area contributed by atoms with E-state index in [-0.39, 0.29) is 12.5 Å². The molecule has 1 aliphatic rings. The third-order valence-corrected chi connectivity index (χ3v) is 6.32. The fraction of sp³-hybridized carbons (Fsp3) is 0.538. The Hall–Kier alpha value is -2.84. The molecule has 0 spiro atoms. The molecule has 0 atom stereocenters. The highest BCUT2D eigenvalue weighted by molar-refractivity contribution is 6.00. The summed E-state index contributed by atoms with van der Waals surface area (Å²) in [6.45, 7) is 12.0. The number of anilines is 1. The van der Waals surface area contributed by atoms with Gasteiger partial charge in [0.25, 0.3) is 5.91 Å². The van der Waals surface area contributed by atoms with Crippen LogP contribution in [0.4, 0.5) is 5.69 Å². The standard InChI is InChI=1S/C26H38N4O4/c1-19-8-7-9-22(18-19)30-14-12-29(13-15-30)11-6-5-10-27-25(31)24-20(2)23(21(3)28-24)26(32)34-17-16-33-4/h7-9,18,28H,5-6,10-17H2,1-4H3,(H,27,31). The van der Waals surface area contributed by atoms with Gasteiger partial charge in [0.15, 0.2) is 0 Å². The molecular formula is C26H38N4O4. The Bertz CT molecular complexity index is 964. The van der Waals surface area contributed by atoms with Crippen LogP contribution in [0.25, 0.3) is 0 Å². The van der Waals surface area contributed by atoms with Crippen molar-refractivity contribution < 1.29 is 19.1 Å². The zero-order chi connectivity index (χ0) is 24.5. The highest BCUT2D eigenvalue weighted by Crippen LogP contribution is 2.20. The topological polar surface area (TPSA) is 86.9 Å². The molecule has 0 aliphatic carbocycles. The van der Waals surface area contributed by atoms with E-state index >= 15 is 0 Å². The number of esters is 1. The number of carbonyl (C=O) groups excluding carboxylic acids is 2. The SMILES string of the molecule is COCCOC(=O)c1c(C)[nH]c(C(=O)NCCCCN2CCN(c3cccc(C)c3)CC2)c1C. The van der Waals surface area contributed by atoms with Gasteiger partial charge in [0.1, 0.15) is 12.3 Å². The predicted octanol–water partition coefficient (Wildman–Crippen LogP) is 3.08. The number of hydrogen-bond acceptors (Lipinski definition) is 6. The van der Waals surface area contributed by atoms with Crippen molar-refractivity contribution in [2.24, 2.45) is 0 Å². The molecule has 2 N–H and O–H groups in total. The predicted molar refractivity (Wildman–Crippen MR) is 134 cm³/mol. The molecule has 0 saturated carbocycles. The van der Waals surface area contributed by atoms with Gasteiger partial charge in [0.2, 0.25) is 0 Å². The average Bonchev–Trinajstić information content (AvgIpc) is 3.13. The van der Waals surface area contributed by atoms with E-state index in [2.05, 4.69) is 51.3 Å². The minimum atomic E-state index is -0.440. The van der Waals surface area contributed by atoms with Crippen LogP contribution < -0.4 is 10.2 Å². The number of unbranched alkanes of at least 4 members (excludes halogenated alkanes) is 1. The van der Waals surface area contributed by atoms with Gasteiger partial charge in [0, 0.05) is 51.2 Å². The number of carbonyl (C=O) groups is 2. The molecule has 0 bridgehead atoms. The maximum Gasteiger partial charge on any atom is 0.340 e. The van der Waals surface area contributed by atoms with Crippen molar-refractivity contribution in [1.82, 2.24) is 15.2 Å². The molecule has 0 radical (unpaired) electrons. The molecule has 34 heavy (non-hydrogen) atoms. The second-order valence-electron chi connectivity index (χ2n) is 8.88. The number of nitrogens with zero attached hydrogens (tertiary/aromatic N) is 2. The first-order valence-corrected chi connectivity index (χ1v) is 12.1. The molecule has 0 unspecified atom stereocenters. The summed E-state index contributed by atoms with van der Waals surface area (Å²) in [4.78, 5) is 33.0. The molecule has 8 heteroatoms. The second-order valence-corrected chi connectivity index (χ2v) is 8.88. The number of rotatable bonds is 11. The number of aromatic amines is 1. The average molecular weight is 471 g/mol. The Morgan fingerprint density at radius 2 is 1.82 bits per heavy atom. The summed E-state index contributed by atoms with van der Waals surface area (Å²) in [6, 6.07) is 8.69. The summed E-state index contributed by atoms with van der Waals surface area (Å²) in [5.74, 6) is -0.631. The zero-order valence-electron chi connectivity index (χ0n) is 20.9. The van der Waals surface area contributed by atoms with E-state index in [9.17, 15) is 9.59 Å². The van der Waals surface area contributed by atoms with E-state index in [4.69, 9.17) is 9.47 Å². The third-order valence-electron chi connectivity index (χ3n) is 6.32. The minimum Gasteiger partial charge on any atom is -0.460 e. The molecule has 2 heterocycles. The Morgan fingerprint density at radius 3 is 2.53 bits per heavy atom. The largest absolute Gasteiger partial charge is 0.460 e. The first-order valence-electron chi connectivity index (χ1n) is 12.1. The van der Waals surface area contributed by atoms with Crippen LogP contribution in [0.3, 0.4) is 0 Å². The number of amides is 1. The van der Waals surface area contributed by atoms with Crippen molar-refractivity contribution in [1.29, 1.82) is 0 Å². The number of ether oxygens (including phenoxy) is 2. The lowest BCUT2D eigenvalue weighted by atomic mass is 10.1. The van der Waals surface area contributed by atoms with Crippen LogP contribution in [0.5, 0.6) is 0 Å². The van der Waals surface area contributed by atoms with Gasteiger partial charge >= 0.3 is 5.97 Å². The van der Waals surface area contributed by atoms with Crippen LogP contribution in [0.2, 0.25) is 0 Å². The van der Waals surface area contributed by atoms with Gasteiger partial charge in [0.05, 0.1) is 12.2 Å². The summed E-state index contributed by atoms with van der Waals surface area (Å²) >= 11 is 0. The van der Waals surface area contributed by atoms with Gasteiger partial charge in [-0.05, 0) is 63.4 Å². The molecule has 1 fully saturated rings. The molecule has 1 aromatic carbocycles. The van der Waals surface area contributed by atoms with Gasteiger partial charge in [-0.25, -0.2) is 4.79 Å². The first-order chi connectivity index (χ1) is 16.4. The Kier molecular flexibility index (Phi) is 9.53. The number of nitrogens with one attached hydrogen (secondary N) is 2. The summed E-state index contributed by atoms with van der Waals surface area (Å²) < 4.78 is 10.1. The van der Waals surface area contributed by atoms with Crippen molar-refractivity contribution in [2.75, 3.05) is 64.5 Å². The Morgan fingerprint density at radius 1 is 1.06 bits per heavy atom. The fourth-order valence-corrected chi connectivity index (χ4v) is 4.38. The van der Waals surface area contributed by atoms with E-state index in [1.807, 2.05) is 0 Å². The number of aromatic nitrogens is 1. The van der Waals surface area contributed by atoms with Crippen LogP contribution in [-0.2, 0) is 9.47 Å². The summed E-state index contributed by atoms with van der Waals surface area (Å²) in [7, 11) is 1.55. The Labute approximate surface area is 202 Å². The van der Waals surface area contributed by atoms with E-state index in [0.29, 0.717) is 35.7 Å². The van der Waals surface area contributed by atoms with Crippen LogP contribution in [-0.4, -0.2) is 81.4 Å². The maximum atomic E-state index is 12.6. The van der Waals surface area contributed by atoms with Crippen LogP contribution in [0, 0.1) is 20.8 Å². The molecule has 3 rings (SSSR count). The maximum absolute atomic E-state index is 12.6. The van der Waals surface area contributed by atoms with Gasteiger partial charge in [-0.1, -0.05) is 12.1 Å². The molecular weight excluding hydrogens is 432 g/mol. The summed E-state index contributed by atoms with van der Waals surface area (Å²) in [6.07, 6.45) is 1.94. The summed E-state index contributed by atoms with van der Waals surface area (Å²) in [5, 5.41) is 2.97. The number of piperazine rings is 1. The van der Waals surface area contributed by atoms with E-state index < -0.39 is 5.97 Å². The first kappa shape index (κ1) is 25.8. The highest BCUT2D eigenvalue weighted by Gasteiger charge is 2.23. The lowest BCUT2D eigenvalue weighted by Gasteiger charge is -2.36. The van der Waals surface area contributed by atoms with Crippen molar-refractivity contribution in [3.8, 4) is 0 Å². The van der Waals surface area contributed by atoms with Crippen molar-refractivity contribution >= 4 is 17.6 Å². The quantitative estimate of drug-likeness (QED) is 0.388. The van der Waals surface area contributed by atoms with Crippen LogP contribution in [0.15, 0.2) is 24.3 Å². The minimum absolute atomic E-state index is 0.182. The lowest BCUT2D eigenvalue weighted by Crippen LogP contribution is -2.46. The molecule has 2 aromatic rings. The van der Waals surface area contributed by atoms with Crippen molar-refractivity contribution in [3.05, 3.63) is 52.3 Å². The molecule has 1 aliphatic heterocycles. The fourth-order valence-electron chi connectivity index (χ4n) is 4.38. The van der Waals surface area contributed by atoms with E-state index in [0.717, 1.165) is 45.6 Å². The Balaban J connectivity index is 1.37. The zero-order valence-corrected chi connectivity index (χ0v) is 20.9. The van der Waals surface area contributed by atoms with Crippen molar-refractivity contribution in [3.63, 3.8) is 0 Å². The van der Waals surface area contributed by atoms with Gasteiger partial charge < -0.3 is 24.7 Å². The molecule has 8 nitrogen and oxygen atoms in total. The van der Waals surface area contributed by atoms with Gasteiger partial charge in [-0.3, -0.25) is 9.69 Å². The molecule has 1 aromatic heterocycles. The molecule has 186 valence electrons. The van der Waals surface area contributed by atoms with Crippen LogP contribution >= 0.6 is 0 Å². The van der Waals surface area contributed by atoms with Crippen molar-refractivity contribution in [2.45, 2.75) is 33.6 Å². The highest BCUT2D eigenvalue weighted by atomic mass is 16.6. The number of aryl methyl sites for hydroxylation is 2. The number of H-pyrrole nitrogens is 1. The number of hydrogen-bond donors (Lipinski definition) is 2. The van der Waals surface area contributed by atoms with E-state index in [1.54, 1.807) is 21.0 Å². The van der Waals surface area contributed by atoms with Crippen LogP contribution in [0.1, 0.15) is 50.5 Å². The molecule has 1 amide bonds. The monoisotopic (exact) mass is 470 g/mol. The smallest absolute Gasteiger partial charge is 0.340 e. The van der Waals surface area contributed by atoms with E-state index in [1.165, 1.54) is 11.3 Å². The lowest BCUT2D eigenvalue weighted by molar-refractivity contribution is 0.0387. The number of benzene rings is 1. The normalized spacial score (nSPS) is 14.3. The van der Waals surface area contributed by atoms with Gasteiger partial charge in [-0.2, -0.15) is 0 Å². The number of methoxy groups -OCH3 is 1. The van der Waals surface area contributed by atoms with Gasteiger partial charge in [-0.15, -0.1) is 0 Å². The third kappa shape index (κ3) is 6.84.